The molecule has 0 fully saturated rings. The molecule has 0 bridgehead atoms. The highest BCUT2D eigenvalue weighted by atomic mass is 16.4. The lowest BCUT2D eigenvalue weighted by molar-refractivity contribution is 0.0688. The van der Waals surface area contributed by atoms with E-state index in [1.807, 2.05) is 0 Å². The lowest BCUT2D eigenvalue weighted by Crippen LogP contribution is -2.05. The monoisotopic (exact) mass is 188 g/mol. The molecule has 0 aliphatic carbocycles. The van der Waals surface area contributed by atoms with Crippen LogP contribution in [-0.2, 0) is 0 Å². The van der Waals surface area contributed by atoms with Crippen molar-refractivity contribution >= 4 is 5.97 Å². The van der Waals surface area contributed by atoms with Gasteiger partial charge in [-0.05, 0) is 24.3 Å². The van der Waals surface area contributed by atoms with E-state index in [-0.39, 0.29) is 5.69 Å². The summed E-state index contributed by atoms with van der Waals surface area (Å²) >= 11 is 0. The van der Waals surface area contributed by atoms with Gasteiger partial charge in [0.2, 0.25) is 0 Å². The summed E-state index contributed by atoms with van der Waals surface area (Å²) in [7, 11) is 0. The summed E-state index contributed by atoms with van der Waals surface area (Å²) in [5.41, 5.74) is 0.980. The molecule has 0 aliphatic heterocycles. The third-order valence-corrected chi connectivity index (χ3v) is 1.89. The molecule has 70 valence electrons. The molecule has 0 unspecified atom stereocenters. The van der Waals surface area contributed by atoms with E-state index < -0.39 is 5.97 Å². The maximum Gasteiger partial charge on any atom is 0.352 e. The van der Waals surface area contributed by atoms with E-state index in [4.69, 9.17) is 5.11 Å². The number of aromatic carboxylic acids is 1. The molecular formula is C10H8N2O2. The van der Waals surface area contributed by atoms with E-state index in [1.54, 1.807) is 47.4 Å². The van der Waals surface area contributed by atoms with Crippen molar-refractivity contribution in [2.45, 2.75) is 0 Å². The Morgan fingerprint density at radius 3 is 2.86 bits per heavy atom. The van der Waals surface area contributed by atoms with Gasteiger partial charge in [0.05, 0.1) is 11.9 Å². The highest BCUT2D eigenvalue weighted by Gasteiger charge is 2.09. The summed E-state index contributed by atoms with van der Waals surface area (Å²) < 4.78 is 1.58. The zero-order valence-corrected chi connectivity index (χ0v) is 7.29. The average Bonchev–Trinajstić information content (AvgIpc) is 2.67. The number of carboxylic acids is 1. The molecule has 0 aromatic carbocycles. The van der Waals surface area contributed by atoms with Crippen LogP contribution >= 0.6 is 0 Å². The van der Waals surface area contributed by atoms with Gasteiger partial charge in [-0.15, -0.1) is 0 Å². The van der Waals surface area contributed by atoms with Crippen LogP contribution in [0.15, 0.2) is 42.9 Å². The van der Waals surface area contributed by atoms with Crippen molar-refractivity contribution in [2.75, 3.05) is 0 Å². The van der Waals surface area contributed by atoms with Crippen molar-refractivity contribution in [2.24, 2.45) is 0 Å². The molecule has 2 aromatic heterocycles. The molecule has 0 amide bonds. The molecule has 0 spiro atoms. The first-order chi connectivity index (χ1) is 6.79. The van der Waals surface area contributed by atoms with E-state index in [2.05, 4.69) is 4.98 Å². The van der Waals surface area contributed by atoms with Gasteiger partial charge in [0, 0.05) is 12.4 Å². The second kappa shape index (κ2) is 3.33. The summed E-state index contributed by atoms with van der Waals surface area (Å²) in [4.78, 5) is 14.7. The Morgan fingerprint density at radius 2 is 2.21 bits per heavy atom. The molecule has 4 heteroatoms. The Morgan fingerprint density at radius 1 is 1.36 bits per heavy atom. The molecule has 0 aliphatic rings. The van der Waals surface area contributed by atoms with E-state index in [0.717, 1.165) is 5.69 Å². The molecule has 1 N–H and O–H groups in total. The number of carbonyl (C=O) groups is 1. The standard InChI is InChI=1S/C10H8N2O2/c13-10(14)9-4-2-6-12(9)8-3-1-5-11-7-8/h1-7H,(H,13,14). The van der Waals surface area contributed by atoms with Crippen LogP contribution < -0.4 is 0 Å². The number of rotatable bonds is 2. The van der Waals surface area contributed by atoms with Crippen LogP contribution in [0, 0.1) is 0 Å². The van der Waals surface area contributed by atoms with Crippen molar-refractivity contribution in [1.82, 2.24) is 9.55 Å². The molecule has 0 saturated heterocycles. The Balaban J connectivity index is 2.52. The normalized spacial score (nSPS) is 10.0. The van der Waals surface area contributed by atoms with Crippen LogP contribution in [0.5, 0.6) is 0 Å². The second-order valence-electron chi connectivity index (χ2n) is 2.78. The summed E-state index contributed by atoms with van der Waals surface area (Å²) in [5, 5.41) is 8.87. The average molecular weight is 188 g/mol. The number of hydrogen-bond acceptors (Lipinski definition) is 2. The topological polar surface area (TPSA) is 55.1 Å². The van der Waals surface area contributed by atoms with E-state index in [0.29, 0.717) is 0 Å². The fraction of sp³-hybridized carbons (Fsp3) is 0. The van der Waals surface area contributed by atoms with Gasteiger partial charge in [0.15, 0.2) is 0 Å². The molecule has 0 radical (unpaired) electrons. The lowest BCUT2D eigenvalue weighted by atomic mass is 10.4. The molecule has 4 nitrogen and oxygen atoms in total. The van der Waals surface area contributed by atoms with Crippen LogP contribution in [0.3, 0.4) is 0 Å². The summed E-state index contributed by atoms with van der Waals surface area (Å²) in [6, 6.07) is 6.81. The fourth-order valence-corrected chi connectivity index (χ4v) is 1.28. The smallest absolute Gasteiger partial charge is 0.352 e. The third-order valence-electron chi connectivity index (χ3n) is 1.89. The molecule has 14 heavy (non-hydrogen) atoms. The van der Waals surface area contributed by atoms with Gasteiger partial charge in [0.1, 0.15) is 5.69 Å². The number of hydrogen-bond donors (Lipinski definition) is 1. The predicted molar refractivity (Wildman–Crippen MR) is 50.5 cm³/mol. The van der Waals surface area contributed by atoms with Gasteiger partial charge >= 0.3 is 5.97 Å². The predicted octanol–water partition coefficient (Wildman–Crippen LogP) is 1.57. The van der Waals surface area contributed by atoms with Gasteiger partial charge in [-0.2, -0.15) is 0 Å². The number of nitrogens with zero attached hydrogens (tertiary/aromatic N) is 2. The first-order valence-electron chi connectivity index (χ1n) is 4.10. The van der Waals surface area contributed by atoms with E-state index in [1.165, 1.54) is 0 Å². The molecule has 0 saturated carbocycles. The minimum atomic E-state index is -0.946. The Hall–Kier alpha value is -2.10. The van der Waals surface area contributed by atoms with Crippen molar-refractivity contribution in [3.63, 3.8) is 0 Å². The highest BCUT2D eigenvalue weighted by molar-refractivity contribution is 5.86. The van der Waals surface area contributed by atoms with E-state index >= 15 is 0 Å². The lowest BCUT2D eigenvalue weighted by Gasteiger charge is -2.04. The van der Waals surface area contributed by atoms with Gasteiger partial charge in [-0.3, -0.25) is 4.98 Å². The molecule has 0 atom stereocenters. The van der Waals surface area contributed by atoms with Gasteiger partial charge in [0.25, 0.3) is 0 Å². The summed E-state index contributed by atoms with van der Waals surface area (Å²) in [6.07, 6.45) is 4.96. The van der Waals surface area contributed by atoms with Gasteiger partial charge in [-0.1, -0.05) is 0 Å². The summed E-state index contributed by atoms with van der Waals surface area (Å²) in [5.74, 6) is -0.946. The van der Waals surface area contributed by atoms with Gasteiger partial charge in [-0.25, -0.2) is 4.79 Å². The second-order valence-corrected chi connectivity index (χ2v) is 2.78. The minimum Gasteiger partial charge on any atom is -0.477 e. The molecule has 2 heterocycles. The van der Waals surface area contributed by atoms with Crippen LogP contribution in [0.4, 0.5) is 0 Å². The zero-order chi connectivity index (χ0) is 9.97. The van der Waals surface area contributed by atoms with Crippen LogP contribution in [0.2, 0.25) is 0 Å². The number of pyridine rings is 1. The van der Waals surface area contributed by atoms with Crippen LogP contribution in [-0.4, -0.2) is 20.6 Å². The SMILES string of the molecule is O=C(O)c1cccn1-c1cccnc1. The van der Waals surface area contributed by atoms with Gasteiger partial charge < -0.3 is 9.67 Å². The zero-order valence-electron chi connectivity index (χ0n) is 7.29. The maximum atomic E-state index is 10.8. The number of carboxylic acid groups (broad SMARTS) is 1. The van der Waals surface area contributed by atoms with E-state index in [9.17, 15) is 4.79 Å². The van der Waals surface area contributed by atoms with Crippen molar-refractivity contribution in [3.8, 4) is 5.69 Å². The Kier molecular flexibility index (Phi) is 2.02. The Labute approximate surface area is 80.4 Å². The number of aromatic nitrogens is 2. The first kappa shape index (κ1) is 8.50. The molecule has 2 aromatic rings. The molecular weight excluding hydrogens is 180 g/mol. The minimum absolute atomic E-state index is 0.234. The first-order valence-corrected chi connectivity index (χ1v) is 4.10. The Bertz CT molecular complexity index is 448. The van der Waals surface area contributed by atoms with Crippen LogP contribution in [0.1, 0.15) is 10.5 Å². The molecule has 2 rings (SSSR count). The highest BCUT2D eigenvalue weighted by Crippen LogP contribution is 2.10. The van der Waals surface area contributed by atoms with Crippen LogP contribution in [0.25, 0.3) is 5.69 Å². The largest absolute Gasteiger partial charge is 0.477 e. The van der Waals surface area contributed by atoms with Crippen molar-refractivity contribution in [3.05, 3.63) is 48.5 Å². The van der Waals surface area contributed by atoms with Crippen molar-refractivity contribution < 1.29 is 9.90 Å². The van der Waals surface area contributed by atoms with Crippen molar-refractivity contribution in [1.29, 1.82) is 0 Å². The quantitative estimate of drug-likeness (QED) is 0.778. The summed E-state index contributed by atoms with van der Waals surface area (Å²) in [6.45, 7) is 0. The maximum absolute atomic E-state index is 10.8. The fourth-order valence-electron chi connectivity index (χ4n) is 1.28. The third kappa shape index (κ3) is 1.37.